The first kappa shape index (κ1) is 11.7. The van der Waals surface area contributed by atoms with Crippen LogP contribution < -0.4 is 0 Å². The smallest absolute Gasteiger partial charge is 0.209 e. The third-order valence-electron chi connectivity index (χ3n) is 0.411. The molecule has 1 N–H and O–H groups in total. The van der Waals surface area contributed by atoms with Gasteiger partial charge < -0.3 is 10.1 Å². The maximum absolute atomic E-state index is 9.43. The van der Waals surface area contributed by atoms with Crippen molar-refractivity contribution in [2.45, 2.75) is 13.8 Å². The van der Waals surface area contributed by atoms with Crippen LogP contribution in [0.1, 0.15) is 13.8 Å². The Morgan fingerprint density at radius 2 is 1.70 bits per heavy atom. The van der Waals surface area contributed by atoms with E-state index in [4.69, 9.17) is 5.21 Å². The summed E-state index contributed by atoms with van der Waals surface area (Å²) in [6.45, 7) is 3.44. The normalized spacial score (nSPS) is 6.80. The molecule has 0 aromatic rings. The van der Waals surface area contributed by atoms with Gasteiger partial charge in [-0.25, -0.2) is 0 Å². The minimum atomic E-state index is 0.685. The number of amides is 1. The molecular formula is C6H14N2O2. The second-order valence-electron chi connectivity index (χ2n) is 2.12. The Balaban J connectivity index is 0. The molecule has 0 spiro atoms. The van der Waals surface area contributed by atoms with Crippen LogP contribution in [0, 0.1) is 0 Å². The summed E-state index contributed by atoms with van der Waals surface area (Å²) in [5.41, 5.74) is 0.685. The second-order valence-corrected chi connectivity index (χ2v) is 2.12. The van der Waals surface area contributed by atoms with Crippen molar-refractivity contribution in [1.29, 1.82) is 0 Å². The maximum atomic E-state index is 9.43. The topological polar surface area (TPSA) is 52.9 Å². The molecule has 4 nitrogen and oxygen atoms in total. The predicted octanol–water partition coefficient (Wildman–Crippen LogP) is 0.561. The Hall–Kier alpha value is -1.06. The van der Waals surface area contributed by atoms with Crippen LogP contribution in [0.4, 0.5) is 0 Å². The second kappa shape index (κ2) is 7.94. The van der Waals surface area contributed by atoms with E-state index >= 15 is 0 Å². The van der Waals surface area contributed by atoms with Crippen LogP contribution in [0.5, 0.6) is 0 Å². The van der Waals surface area contributed by atoms with Gasteiger partial charge in [0.1, 0.15) is 0 Å². The third kappa shape index (κ3) is 28.3. The zero-order valence-corrected chi connectivity index (χ0v) is 6.83. The summed E-state index contributed by atoms with van der Waals surface area (Å²) in [5.74, 6) is 0. The lowest BCUT2D eigenvalue weighted by molar-refractivity contribution is -0.115. The van der Waals surface area contributed by atoms with Crippen molar-refractivity contribution in [3.63, 3.8) is 0 Å². The number of hydrogen-bond acceptors (Lipinski definition) is 3. The van der Waals surface area contributed by atoms with E-state index in [1.807, 2.05) is 0 Å². The molecule has 0 saturated heterocycles. The van der Waals surface area contributed by atoms with Gasteiger partial charge in [-0.3, -0.25) is 4.79 Å². The lowest BCUT2D eigenvalue weighted by Gasteiger charge is -1.93. The number of oxime groups is 1. The van der Waals surface area contributed by atoms with Gasteiger partial charge in [-0.15, -0.1) is 0 Å². The van der Waals surface area contributed by atoms with Crippen LogP contribution in [0.3, 0.4) is 0 Å². The van der Waals surface area contributed by atoms with Gasteiger partial charge in [0, 0.05) is 14.1 Å². The average molecular weight is 146 g/mol. The van der Waals surface area contributed by atoms with E-state index in [1.54, 1.807) is 27.9 Å². The maximum Gasteiger partial charge on any atom is 0.209 e. The van der Waals surface area contributed by atoms with Gasteiger partial charge >= 0.3 is 0 Å². The van der Waals surface area contributed by atoms with Crippen LogP contribution in [0.2, 0.25) is 0 Å². The molecule has 1 amide bonds. The molecule has 0 rings (SSSR count). The van der Waals surface area contributed by atoms with Crippen LogP contribution in [-0.2, 0) is 4.79 Å². The number of nitrogens with zero attached hydrogens (tertiary/aromatic N) is 2. The van der Waals surface area contributed by atoms with Gasteiger partial charge in [-0.2, -0.15) is 0 Å². The number of carbonyl (C=O) groups excluding carboxylic acids is 1. The monoisotopic (exact) mass is 146 g/mol. The van der Waals surface area contributed by atoms with Crippen molar-refractivity contribution in [2.75, 3.05) is 14.1 Å². The summed E-state index contributed by atoms with van der Waals surface area (Å²) in [4.78, 5) is 10.9. The van der Waals surface area contributed by atoms with E-state index in [0.717, 1.165) is 6.41 Å². The van der Waals surface area contributed by atoms with Crippen molar-refractivity contribution in [3.8, 4) is 0 Å². The van der Waals surface area contributed by atoms with Crippen molar-refractivity contribution in [1.82, 2.24) is 4.90 Å². The van der Waals surface area contributed by atoms with Crippen molar-refractivity contribution >= 4 is 12.1 Å². The standard InChI is InChI=1S/2C3H7NO/c1-4(2)3-5;1-3(2)4-5/h3H,1-2H3;5H,1-2H3. The Kier molecular flexibility index (Phi) is 9.29. The minimum Gasteiger partial charge on any atom is -0.411 e. The quantitative estimate of drug-likeness (QED) is 0.254. The third-order valence-corrected chi connectivity index (χ3v) is 0.411. The van der Waals surface area contributed by atoms with E-state index in [0.29, 0.717) is 5.71 Å². The van der Waals surface area contributed by atoms with Gasteiger partial charge in [-0.1, -0.05) is 5.16 Å². The van der Waals surface area contributed by atoms with Gasteiger partial charge in [0.2, 0.25) is 6.41 Å². The van der Waals surface area contributed by atoms with E-state index in [-0.39, 0.29) is 0 Å². The molecule has 10 heavy (non-hydrogen) atoms. The first-order valence-electron chi connectivity index (χ1n) is 2.81. The molecule has 0 aliphatic carbocycles. The number of hydrogen-bond donors (Lipinski definition) is 1. The van der Waals surface area contributed by atoms with Crippen molar-refractivity contribution < 1.29 is 10.0 Å². The highest BCUT2D eigenvalue weighted by Gasteiger charge is 1.68. The molecule has 60 valence electrons. The van der Waals surface area contributed by atoms with E-state index in [1.165, 1.54) is 4.90 Å². The molecule has 0 heterocycles. The molecule has 0 unspecified atom stereocenters. The van der Waals surface area contributed by atoms with Crippen LogP contribution in [-0.4, -0.2) is 36.3 Å². The molecule has 0 aliphatic heterocycles. The highest BCUT2D eigenvalue weighted by molar-refractivity contribution is 5.78. The molecule has 0 aromatic carbocycles. The molecule has 0 aliphatic rings. The molecule has 0 atom stereocenters. The van der Waals surface area contributed by atoms with E-state index in [9.17, 15) is 4.79 Å². The highest BCUT2D eigenvalue weighted by Crippen LogP contribution is 1.62. The fourth-order valence-corrected chi connectivity index (χ4v) is 0. The Bertz CT molecular complexity index is 106. The lowest BCUT2D eigenvalue weighted by Crippen LogP contribution is -2.06. The van der Waals surface area contributed by atoms with Gasteiger partial charge in [0.05, 0.1) is 5.71 Å². The molecule has 0 radical (unpaired) electrons. The predicted molar refractivity (Wildman–Crippen MR) is 40.3 cm³/mol. The van der Waals surface area contributed by atoms with E-state index < -0.39 is 0 Å². The first-order valence-corrected chi connectivity index (χ1v) is 2.81. The molecular weight excluding hydrogens is 132 g/mol. The Labute approximate surface area is 61.1 Å². The summed E-state index contributed by atoms with van der Waals surface area (Å²) in [5, 5.41) is 10.5. The summed E-state index contributed by atoms with van der Waals surface area (Å²) in [6.07, 6.45) is 0.750. The molecule has 4 heteroatoms. The summed E-state index contributed by atoms with van der Waals surface area (Å²) >= 11 is 0. The largest absolute Gasteiger partial charge is 0.411 e. The molecule has 0 aromatic heterocycles. The minimum absolute atomic E-state index is 0.685. The highest BCUT2D eigenvalue weighted by atomic mass is 16.4. The van der Waals surface area contributed by atoms with Crippen molar-refractivity contribution in [2.24, 2.45) is 5.16 Å². The zero-order chi connectivity index (χ0) is 8.57. The summed E-state index contributed by atoms with van der Waals surface area (Å²) in [7, 11) is 3.38. The van der Waals surface area contributed by atoms with Gasteiger partial charge in [0.25, 0.3) is 0 Å². The Morgan fingerprint density at radius 3 is 1.70 bits per heavy atom. The van der Waals surface area contributed by atoms with Gasteiger partial charge in [-0.05, 0) is 13.8 Å². The van der Waals surface area contributed by atoms with Crippen LogP contribution in [0.25, 0.3) is 0 Å². The first-order chi connectivity index (χ1) is 4.54. The van der Waals surface area contributed by atoms with E-state index in [2.05, 4.69) is 5.16 Å². The summed E-state index contributed by atoms with van der Waals surface area (Å²) < 4.78 is 0. The molecule has 0 fully saturated rings. The molecule has 0 bridgehead atoms. The van der Waals surface area contributed by atoms with Crippen molar-refractivity contribution in [3.05, 3.63) is 0 Å². The SMILES string of the molecule is CC(C)=NO.CN(C)C=O. The number of rotatable bonds is 1. The zero-order valence-electron chi connectivity index (χ0n) is 6.83. The van der Waals surface area contributed by atoms with Crippen LogP contribution in [0.15, 0.2) is 5.16 Å². The number of carbonyl (C=O) groups is 1. The average Bonchev–Trinajstić information content (AvgIpc) is 1.89. The fourth-order valence-electron chi connectivity index (χ4n) is 0. The summed E-state index contributed by atoms with van der Waals surface area (Å²) in [6, 6.07) is 0. The fraction of sp³-hybridized carbons (Fsp3) is 0.667. The molecule has 0 saturated carbocycles. The lowest BCUT2D eigenvalue weighted by atomic mass is 10.5. The van der Waals surface area contributed by atoms with Gasteiger partial charge in [0.15, 0.2) is 0 Å². The Morgan fingerprint density at radius 1 is 1.50 bits per heavy atom. The van der Waals surface area contributed by atoms with Crippen LogP contribution >= 0.6 is 0 Å².